The summed E-state index contributed by atoms with van der Waals surface area (Å²) in [5, 5.41) is 15.0. The van der Waals surface area contributed by atoms with Crippen LogP contribution in [0.2, 0.25) is 0 Å². The van der Waals surface area contributed by atoms with Crippen molar-refractivity contribution in [2.45, 2.75) is 0 Å². The zero-order chi connectivity index (χ0) is 14.1. The standard InChI is InChI=1S/C15H11N5O/c1-2-5-10(6-3-1)17-15-18-14(21-20-15)11-7-4-8-13-12(11)9-16-19-13/h1-9H,(H,16,19)(H,17,20). The van der Waals surface area contributed by atoms with Crippen molar-refractivity contribution < 1.29 is 4.52 Å². The van der Waals surface area contributed by atoms with Crippen LogP contribution in [0.1, 0.15) is 0 Å². The molecule has 21 heavy (non-hydrogen) atoms. The fraction of sp³-hybridized carbons (Fsp3) is 0. The lowest BCUT2D eigenvalue weighted by Gasteiger charge is -1.98. The van der Waals surface area contributed by atoms with E-state index >= 15 is 0 Å². The van der Waals surface area contributed by atoms with E-state index in [2.05, 4.69) is 25.7 Å². The lowest BCUT2D eigenvalue weighted by Crippen LogP contribution is -1.91. The van der Waals surface area contributed by atoms with E-state index in [0.29, 0.717) is 11.8 Å². The number of nitrogens with one attached hydrogen (secondary N) is 2. The minimum absolute atomic E-state index is 0.427. The number of hydrogen-bond donors (Lipinski definition) is 2. The van der Waals surface area contributed by atoms with Crippen LogP contribution in [0.25, 0.3) is 22.4 Å². The Bertz CT molecular complexity index is 881. The van der Waals surface area contributed by atoms with Crippen LogP contribution in [0, 0.1) is 0 Å². The Morgan fingerprint density at radius 2 is 1.90 bits per heavy atom. The molecule has 4 rings (SSSR count). The van der Waals surface area contributed by atoms with Crippen LogP contribution in [0.15, 0.2) is 59.3 Å². The van der Waals surface area contributed by atoms with Gasteiger partial charge in [0.1, 0.15) is 0 Å². The number of aromatic amines is 1. The van der Waals surface area contributed by atoms with Gasteiger partial charge in [-0.25, -0.2) is 0 Å². The van der Waals surface area contributed by atoms with E-state index in [9.17, 15) is 0 Å². The molecule has 2 N–H and O–H groups in total. The maximum atomic E-state index is 5.34. The number of nitrogens with zero attached hydrogens (tertiary/aromatic N) is 3. The summed E-state index contributed by atoms with van der Waals surface area (Å²) in [6.07, 6.45) is 1.75. The van der Waals surface area contributed by atoms with Crippen molar-refractivity contribution >= 4 is 22.5 Å². The van der Waals surface area contributed by atoms with E-state index in [-0.39, 0.29) is 0 Å². The predicted octanol–water partition coefficient (Wildman–Crippen LogP) is 3.36. The molecule has 2 aromatic heterocycles. The van der Waals surface area contributed by atoms with Gasteiger partial charge in [-0.15, -0.1) is 0 Å². The number of H-pyrrole nitrogens is 1. The van der Waals surface area contributed by atoms with E-state index in [0.717, 1.165) is 22.2 Å². The van der Waals surface area contributed by atoms with Crippen LogP contribution in [-0.2, 0) is 0 Å². The highest BCUT2D eigenvalue weighted by atomic mass is 16.5. The van der Waals surface area contributed by atoms with Crippen LogP contribution in [0.3, 0.4) is 0 Å². The topological polar surface area (TPSA) is 79.6 Å². The molecule has 0 saturated heterocycles. The summed E-state index contributed by atoms with van der Waals surface area (Å²) in [6.45, 7) is 0. The van der Waals surface area contributed by atoms with Gasteiger partial charge in [-0.3, -0.25) is 5.10 Å². The third-order valence-corrected chi connectivity index (χ3v) is 3.17. The zero-order valence-electron chi connectivity index (χ0n) is 10.9. The van der Waals surface area contributed by atoms with Gasteiger partial charge < -0.3 is 9.84 Å². The second-order valence-corrected chi connectivity index (χ2v) is 4.55. The van der Waals surface area contributed by atoms with Crippen molar-refractivity contribution in [3.8, 4) is 11.5 Å². The summed E-state index contributed by atoms with van der Waals surface area (Å²) >= 11 is 0. The Kier molecular flexibility index (Phi) is 2.64. The maximum Gasteiger partial charge on any atom is 0.268 e. The number of fused-ring (bicyclic) bond motifs is 1. The Morgan fingerprint density at radius 3 is 2.81 bits per heavy atom. The molecule has 6 heteroatoms. The molecule has 0 saturated carbocycles. The average Bonchev–Trinajstić information content (AvgIpc) is 3.16. The first-order valence-electron chi connectivity index (χ1n) is 6.48. The highest BCUT2D eigenvalue weighted by Crippen LogP contribution is 2.27. The molecule has 0 atom stereocenters. The molecule has 2 aromatic carbocycles. The van der Waals surface area contributed by atoms with Gasteiger partial charge >= 0.3 is 0 Å². The van der Waals surface area contributed by atoms with Crippen molar-refractivity contribution in [3.05, 3.63) is 54.7 Å². The van der Waals surface area contributed by atoms with E-state index in [1.807, 2.05) is 48.5 Å². The van der Waals surface area contributed by atoms with Crippen molar-refractivity contribution in [2.24, 2.45) is 0 Å². The Morgan fingerprint density at radius 1 is 1.00 bits per heavy atom. The molecule has 102 valence electrons. The van der Waals surface area contributed by atoms with Gasteiger partial charge in [-0.2, -0.15) is 10.1 Å². The van der Waals surface area contributed by atoms with Crippen molar-refractivity contribution in [2.75, 3.05) is 5.32 Å². The molecule has 0 fully saturated rings. The van der Waals surface area contributed by atoms with Crippen LogP contribution in [0.5, 0.6) is 0 Å². The summed E-state index contributed by atoms with van der Waals surface area (Å²) in [7, 11) is 0. The second-order valence-electron chi connectivity index (χ2n) is 4.55. The van der Waals surface area contributed by atoms with E-state index in [4.69, 9.17) is 4.52 Å². The zero-order valence-corrected chi connectivity index (χ0v) is 10.9. The summed E-state index contributed by atoms with van der Waals surface area (Å²) in [5.41, 5.74) is 2.70. The highest BCUT2D eigenvalue weighted by molar-refractivity contribution is 5.92. The molecule has 0 aliphatic rings. The number of anilines is 2. The molecule has 0 aliphatic carbocycles. The molecule has 2 heterocycles. The summed E-state index contributed by atoms with van der Waals surface area (Å²) in [6, 6.07) is 15.5. The monoisotopic (exact) mass is 277 g/mol. The summed E-state index contributed by atoms with van der Waals surface area (Å²) < 4.78 is 5.34. The first-order chi connectivity index (χ1) is 10.4. The molecule has 0 bridgehead atoms. The Hall–Kier alpha value is -3.15. The van der Waals surface area contributed by atoms with Gasteiger partial charge in [0, 0.05) is 11.1 Å². The molecule has 0 radical (unpaired) electrons. The van der Waals surface area contributed by atoms with Gasteiger partial charge in [-0.05, 0) is 29.4 Å². The van der Waals surface area contributed by atoms with Gasteiger partial charge in [0.15, 0.2) is 0 Å². The first kappa shape index (κ1) is 11.7. The Labute approximate surface area is 119 Å². The predicted molar refractivity (Wildman–Crippen MR) is 79.1 cm³/mol. The van der Waals surface area contributed by atoms with E-state index < -0.39 is 0 Å². The molecule has 6 nitrogen and oxygen atoms in total. The molecule has 0 amide bonds. The Balaban J connectivity index is 1.70. The fourth-order valence-electron chi connectivity index (χ4n) is 2.19. The largest absolute Gasteiger partial charge is 0.332 e. The minimum atomic E-state index is 0.427. The van der Waals surface area contributed by atoms with Gasteiger partial charge in [0.25, 0.3) is 11.8 Å². The lowest BCUT2D eigenvalue weighted by molar-refractivity contribution is 0.433. The molecular formula is C15H11N5O. The molecule has 0 aliphatic heterocycles. The molecule has 0 unspecified atom stereocenters. The average molecular weight is 277 g/mol. The molecule has 0 spiro atoms. The van der Waals surface area contributed by atoms with Crippen molar-refractivity contribution in [1.29, 1.82) is 0 Å². The maximum absolute atomic E-state index is 5.34. The number of aromatic nitrogens is 4. The molecule has 4 aromatic rings. The van der Waals surface area contributed by atoms with Gasteiger partial charge in [0.05, 0.1) is 17.3 Å². The van der Waals surface area contributed by atoms with E-state index in [1.165, 1.54) is 0 Å². The normalized spacial score (nSPS) is 10.9. The van der Waals surface area contributed by atoms with Crippen LogP contribution >= 0.6 is 0 Å². The minimum Gasteiger partial charge on any atom is -0.332 e. The lowest BCUT2D eigenvalue weighted by atomic mass is 10.1. The van der Waals surface area contributed by atoms with Crippen molar-refractivity contribution in [3.63, 3.8) is 0 Å². The number of rotatable bonds is 3. The van der Waals surface area contributed by atoms with Crippen LogP contribution in [-0.4, -0.2) is 20.3 Å². The number of para-hydroxylation sites is 1. The summed E-state index contributed by atoms with van der Waals surface area (Å²) in [4.78, 5) is 4.37. The SMILES string of the molecule is c1ccc(Nc2noc(-c3cccc4[nH]ncc34)n2)cc1. The van der Waals surface area contributed by atoms with Crippen molar-refractivity contribution in [1.82, 2.24) is 20.3 Å². The number of benzene rings is 2. The van der Waals surface area contributed by atoms with Crippen LogP contribution in [0.4, 0.5) is 11.6 Å². The summed E-state index contributed by atoms with van der Waals surface area (Å²) in [5.74, 6) is 0.886. The highest BCUT2D eigenvalue weighted by Gasteiger charge is 2.12. The third-order valence-electron chi connectivity index (χ3n) is 3.17. The third kappa shape index (κ3) is 2.12. The van der Waals surface area contributed by atoms with Crippen LogP contribution < -0.4 is 5.32 Å². The van der Waals surface area contributed by atoms with Gasteiger partial charge in [0.2, 0.25) is 0 Å². The second kappa shape index (κ2) is 4.75. The first-order valence-corrected chi connectivity index (χ1v) is 6.48. The smallest absolute Gasteiger partial charge is 0.268 e. The number of hydrogen-bond acceptors (Lipinski definition) is 5. The quantitative estimate of drug-likeness (QED) is 0.600. The fourth-order valence-corrected chi connectivity index (χ4v) is 2.19. The molecular weight excluding hydrogens is 266 g/mol. The van der Waals surface area contributed by atoms with E-state index in [1.54, 1.807) is 6.20 Å². The van der Waals surface area contributed by atoms with Gasteiger partial charge in [-0.1, -0.05) is 24.3 Å².